The number of rotatable bonds is 7. The van der Waals surface area contributed by atoms with E-state index in [9.17, 15) is 14.4 Å². The quantitative estimate of drug-likeness (QED) is 0.283. The van der Waals surface area contributed by atoms with E-state index in [4.69, 9.17) is 5.11 Å². The number of carboxylic acid groups (broad SMARTS) is 1. The zero-order valence-electron chi connectivity index (χ0n) is 8.93. The highest BCUT2D eigenvalue weighted by Crippen LogP contribution is 2.05. The predicted molar refractivity (Wildman–Crippen MR) is 53.8 cm³/mol. The Morgan fingerprint density at radius 1 is 1.50 bits per heavy atom. The molecule has 0 bridgehead atoms. The molecule has 0 aromatic heterocycles. The molecule has 16 heavy (non-hydrogen) atoms. The summed E-state index contributed by atoms with van der Waals surface area (Å²) in [6, 6.07) is -0.840. The van der Waals surface area contributed by atoms with Crippen LogP contribution in [0.2, 0.25) is 0 Å². The smallest absolute Gasteiger partial charge is 0.404 e. The average Bonchev–Trinajstić information content (AvgIpc) is 2.25. The van der Waals surface area contributed by atoms with Gasteiger partial charge in [-0.05, 0) is 19.3 Å². The molecule has 7 heteroatoms. The van der Waals surface area contributed by atoms with Gasteiger partial charge in [-0.1, -0.05) is 0 Å². The maximum atomic E-state index is 11.1. The van der Waals surface area contributed by atoms with Gasteiger partial charge in [0, 0.05) is 6.54 Å². The van der Waals surface area contributed by atoms with Gasteiger partial charge >= 0.3 is 12.1 Å². The van der Waals surface area contributed by atoms with Crippen molar-refractivity contribution in [1.82, 2.24) is 5.32 Å². The molecule has 1 atom stereocenters. The van der Waals surface area contributed by atoms with Crippen LogP contribution in [0.5, 0.6) is 0 Å². The molecule has 0 aromatic carbocycles. The summed E-state index contributed by atoms with van der Waals surface area (Å²) in [4.78, 5) is 34.5. The van der Waals surface area contributed by atoms with Gasteiger partial charge in [-0.2, -0.15) is 4.99 Å². The van der Waals surface area contributed by atoms with Crippen molar-refractivity contribution in [2.45, 2.75) is 25.3 Å². The van der Waals surface area contributed by atoms with Crippen LogP contribution in [0.4, 0.5) is 4.79 Å². The van der Waals surface area contributed by atoms with Crippen LogP contribution in [0.15, 0.2) is 4.99 Å². The van der Waals surface area contributed by atoms with Gasteiger partial charge in [0.15, 0.2) is 6.04 Å². The SMILES string of the molecule is COC(=O)C(CCCCNC(=O)O)N=C=O. The first-order chi connectivity index (χ1) is 7.61. The molecule has 0 aliphatic rings. The van der Waals surface area contributed by atoms with Crippen LogP contribution in [0.1, 0.15) is 19.3 Å². The molecule has 1 amide bonds. The Kier molecular flexibility index (Phi) is 7.44. The van der Waals surface area contributed by atoms with Gasteiger partial charge in [0.05, 0.1) is 7.11 Å². The number of hydrogen-bond donors (Lipinski definition) is 2. The molecule has 0 rings (SSSR count). The van der Waals surface area contributed by atoms with Gasteiger partial charge in [-0.15, -0.1) is 0 Å². The second-order valence-corrected chi connectivity index (χ2v) is 2.99. The minimum atomic E-state index is -1.09. The molecular weight excluding hydrogens is 216 g/mol. The number of nitrogens with zero attached hydrogens (tertiary/aromatic N) is 1. The zero-order valence-corrected chi connectivity index (χ0v) is 8.93. The van der Waals surface area contributed by atoms with Crippen molar-refractivity contribution in [3.8, 4) is 0 Å². The van der Waals surface area contributed by atoms with Crippen molar-refractivity contribution in [2.75, 3.05) is 13.7 Å². The monoisotopic (exact) mass is 230 g/mol. The fraction of sp³-hybridized carbons (Fsp3) is 0.667. The maximum Gasteiger partial charge on any atom is 0.404 e. The van der Waals surface area contributed by atoms with Crippen molar-refractivity contribution in [1.29, 1.82) is 0 Å². The molecule has 0 aliphatic heterocycles. The highest BCUT2D eigenvalue weighted by atomic mass is 16.5. The summed E-state index contributed by atoms with van der Waals surface area (Å²) in [5.41, 5.74) is 0. The molecule has 0 fully saturated rings. The molecule has 0 saturated carbocycles. The molecule has 0 heterocycles. The van der Waals surface area contributed by atoms with Crippen LogP contribution < -0.4 is 5.32 Å². The Balaban J connectivity index is 3.81. The minimum absolute atomic E-state index is 0.300. The summed E-state index contributed by atoms with van der Waals surface area (Å²) in [6.45, 7) is 0.300. The number of unbranched alkanes of at least 4 members (excludes halogenated alkanes) is 1. The molecule has 0 radical (unpaired) electrons. The fourth-order valence-electron chi connectivity index (χ4n) is 1.09. The predicted octanol–water partition coefficient (Wildman–Crippen LogP) is 0.302. The summed E-state index contributed by atoms with van der Waals surface area (Å²) in [7, 11) is 1.21. The normalized spacial score (nSPS) is 11.1. The first kappa shape index (κ1) is 14.1. The Bertz CT molecular complexity index is 286. The molecule has 0 spiro atoms. The third-order valence-corrected chi connectivity index (χ3v) is 1.86. The van der Waals surface area contributed by atoms with Crippen LogP contribution in [0.3, 0.4) is 0 Å². The maximum absolute atomic E-state index is 11.1. The van der Waals surface area contributed by atoms with Gasteiger partial charge in [-0.25, -0.2) is 14.4 Å². The van der Waals surface area contributed by atoms with E-state index in [1.54, 1.807) is 0 Å². The molecule has 0 aromatic rings. The zero-order chi connectivity index (χ0) is 12.4. The molecule has 90 valence electrons. The number of esters is 1. The summed E-state index contributed by atoms with van der Waals surface area (Å²) in [6.07, 6.45) is 1.68. The lowest BCUT2D eigenvalue weighted by molar-refractivity contribution is -0.142. The first-order valence-corrected chi connectivity index (χ1v) is 4.73. The van der Waals surface area contributed by atoms with Crippen molar-refractivity contribution >= 4 is 18.1 Å². The largest absolute Gasteiger partial charge is 0.467 e. The van der Waals surface area contributed by atoms with E-state index in [-0.39, 0.29) is 0 Å². The van der Waals surface area contributed by atoms with Gasteiger partial charge in [-0.3, -0.25) is 0 Å². The van der Waals surface area contributed by atoms with Crippen molar-refractivity contribution in [2.24, 2.45) is 4.99 Å². The molecule has 1 unspecified atom stereocenters. The number of hydrogen-bond acceptors (Lipinski definition) is 5. The number of ether oxygens (including phenoxy) is 1. The topological polar surface area (TPSA) is 105 Å². The van der Waals surface area contributed by atoms with E-state index in [0.29, 0.717) is 25.8 Å². The summed E-state index contributed by atoms with van der Waals surface area (Å²) >= 11 is 0. The fourth-order valence-corrected chi connectivity index (χ4v) is 1.09. The Morgan fingerprint density at radius 2 is 2.19 bits per heavy atom. The lowest BCUT2D eigenvalue weighted by Crippen LogP contribution is -2.23. The number of nitrogens with one attached hydrogen (secondary N) is 1. The summed E-state index contributed by atoms with van der Waals surface area (Å²) in [5, 5.41) is 10.5. The number of amides is 1. The molecule has 7 nitrogen and oxygen atoms in total. The van der Waals surface area contributed by atoms with Crippen LogP contribution in [0.25, 0.3) is 0 Å². The van der Waals surface area contributed by atoms with E-state index >= 15 is 0 Å². The van der Waals surface area contributed by atoms with E-state index < -0.39 is 18.1 Å². The number of methoxy groups -OCH3 is 1. The number of isocyanates is 1. The van der Waals surface area contributed by atoms with Crippen molar-refractivity contribution in [3.63, 3.8) is 0 Å². The molecular formula is C9H14N2O5. The van der Waals surface area contributed by atoms with E-state index in [1.165, 1.54) is 13.2 Å². The van der Waals surface area contributed by atoms with Gasteiger partial charge in [0.1, 0.15) is 0 Å². The second kappa shape index (κ2) is 8.43. The van der Waals surface area contributed by atoms with Crippen LogP contribution >= 0.6 is 0 Å². The number of aliphatic imine (C=N–C) groups is 1. The Hall–Kier alpha value is -1.88. The molecule has 2 N–H and O–H groups in total. The molecule has 0 saturated heterocycles. The van der Waals surface area contributed by atoms with Crippen LogP contribution in [-0.4, -0.2) is 42.9 Å². The first-order valence-electron chi connectivity index (χ1n) is 4.73. The number of carbonyl (C=O) groups excluding carboxylic acids is 2. The van der Waals surface area contributed by atoms with E-state index in [0.717, 1.165) is 0 Å². The van der Waals surface area contributed by atoms with Gasteiger partial charge in [0.2, 0.25) is 6.08 Å². The third-order valence-electron chi connectivity index (χ3n) is 1.86. The van der Waals surface area contributed by atoms with E-state index in [1.807, 2.05) is 0 Å². The van der Waals surface area contributed by atoms with Gasteiger partial charge in [0.25, 0.3) is 0 Å². The van der Waals surface area contributed by atoms with Crippen LogP contribution in [0, 0.1) is 0 Å². The highest BCUT2D eigenvalue weighted by molar-refractivity contribution is 5.76. The van der Waals surface area contributed by atoms with Crippen molar-refractivity contribution in [3.05, 3.63) is 0 Å². The number of carbonyl (C=O) groups is 2. The lowest BCUT2D eigenvalue weighted by Gasteiger charge is -2.07. The van der Waals surface area contributed by atoms with E-state index in [2.05, 4.69) is 15.0 Å². The minimum Gasteiger partial charge on any atom is -0.467 e. The Labute approximate surface area is 92.5 Å². The highest BCUT2D eigenvalue weighted by Gasteiger charge is 2.17. The van der Waals surface area contributed by atoms with Crippen molar-refractivity contribution < 1.29 is 24.2 Å². The molecule has 0 aliphatic carbocycles. The van der Waals surface area contributed by atoms with Crippen LogP contribution in [-0.2, 0) is 14.3 Å². The second-order valence-electron chi connectivity index (χ2n) is 2.99. The summed E-state index contributed by atoms with van der Waals surface area (Å²) in [5.74, 6) is -0.588. The third kappa shape index (κ3) is 6.56. The Morgan fingerprint density at radius 3 is 2.69 bits per heavy atom. The lowest BCUT2D eigenvalue weighted by atomic mass is 10.1. The average molecular weight is 230 g/mol. The summed E-state index contributed by atoms with van der Waals surface area (Å²) < 4.78 is 4.44. The van der Waals surface area contributed by atoms with Gasteiger partial charge < -0.3 is 15.2 Å². The standard InChI is InChI=1S/C9H14N2O5/c1-16-8(13)7(11-6-12)4-2-3-5-10-9(14)15/h7,10H,2-5H2,1H3,(H,14,15).